The predicted octanol–water partition coefficient (Wildman–Crippen LogP) is 5.40. The van der Waals surface area contributed by atoms with E-state index in [4.69, 9.17) is 16.3 Å². The number of aromatic nitrogens is 3. The van der Waals surface area contributed by atoms with Crippen LogP contribution in [-0.2, 0) is 21.3 Å². The lowest BCUT2D eigenvalue weighted by Crippen LogP contribution is -2.47. The van der Waals surface area contributed by atoms with Crippen LogP contribution in [0.3, 0.4) is 0 Å². The highest BCUT2D eigenvalue weighted by Crippen LogP contribution is 2.48. The number of hydrogen-bond acceptors (Lipinski definition) is 9. The summed E-state index contributed by atoms with van der Waals surface area (Å²) in [5, 5.41) is 9.40. The first kappa shape index (κ1) is 33.4. The van der Waals surface area contributed by atoms with Gasteiger partial charge in [0.15, 0.2) is 6.61 Å². The van der Waals surface area contributed by atoms with Gasteiger partial charge in [0.25, 0.3) is 5.91 Å². The van der Waals surface area contributed by atoms with E-state index in [1.807, 2.05) is 12.1 Å². The number of rotatable bonds is 13. The Morgan fingerprint density at radius 2 is 1.65 bits per heavy atom. The van der Waals surface area contributed by atoms with Gasteiger partial charge in [-0.25, -0.2) is 4.21 Å². The second kappa shape index (κ2) is 13.4. The van der Waals surface area contributed by atoms with Gasteiger partial charge < -0.3 is 20.7 Å². The van der Waals surface area contributed by atoms with Crippen molar-refractivity contribution in [3.05, 3.63) is 64.7 Å². The molecule has 2 aliphatic rings. The second-order valence-electron chi connectivity index (χ2n) is 11.9. The lowest BCUT2D eigenvalue weighted by molar-refractivity contribution is -0.154. The van der Waals surface area contributed by atoms with Gasteiger partial charge in [-0.05, 0) is 81.5 Å². The topological polar surface area (TPSA) is 147 Å². The van der Waals surface area contributed by atoms with E-state index >= 15 is 0 Å². The Kier molecular flexibility index (Phi) is 9.73. The molecule has 0 radical (unpaired) electrons. The van der Waals surface area contributed by atoms with Crippen molar-refractivity contribution >= 4 is 52.0 Å². The normalized spacial score (nSPS) is 16.5. The number of benzene rings is 2. The Labute approximate surface area is 271 Å². The molecule has 0 spiro atoms. The van der Waals surface area contributed by atoms with Crippen molar-refractivity contribution in [1.82, 2.24) is 25.0 Å². The number of amides is 2. The minimum Gasteiger partial charge on any atom is -0.454 e. The molecule has 16 heteroatoms. The summed E-state index contributed by atoms with van der Waals surface area (Å²) in [5.41, 5.74) is 0.145. The first-order valence-electron chi connectivity index (χ1n) is 14.6. The summed E-state index contributed by atoms with van der Waals surface area (Å²) in [6.07, 6.45) is -0.479. The summed E-state index contributed by atoms with van der Waals surface area (Å²) in [7, 11) is -1.44. The smallest absolute Gasteiger partial charge is 0.422 e. The fourth-order valence-electron chi connectivity index (χ4n) is 4.49. The number of ether oxygens (including phenoxy) is 1. The number of hydrogen-bond donors (Lipinski definition) is 4. The molecule has 11 nitrogen and oxygen atoms in total. The van der Waals surface area contributed by atoms with Crippen molar-refractivity contribution in [1.29, 1.82) is 0 Å². The van der Waals surface area contributed by atoms with Crippen LogP contribution in [0.1, 0.15) is 61.9 Å². The lowest BCUT2D eigenvalue weighted by atomic mass is 9.92. The minimum atomic E-state index is -4.60. The van der Waals surface area contributed by atoms with Crippen LogP contribution in [0.15, 0.2) is 48.5 Å². The summed E-state index contributed by atoms with van der Waals surface area (Å²) >= 11 is 6.02. The van der Waals surface area contributed by atoms with Crippen LogP contribution in [-0.4, -0.2) is 55.6 Å². The first-order valence-corrected chi connectivity index (χ1v) is 16.2. The van der Waals surface area contributed by atoms with Crippen LogP contribution in [0.5, 0.6) is 6.01 Å². The van der Waals surface area contributed by atoms with E-state index in [9.17, 15) is 27.0 Å². The van der Waals surface area contributed by atoms with Gasteiger partial charge in [0, 0.05) is 22.8 Å². The molecule has 2 fully saturated rings. The molecule has 2 aliphatic carbocycles. The van der Waals surface area contributed by atoms with Crippen LogP contribution in [0, 0.1) is 5.41 Å². The van der Waals surface area contributed by atoms with E-state index in [-0.39, 0.29) is 23.7 Å². The molecular formula is C30H33ClF3N7O4S. The van der Waals surface area contributed by atoms with E-state index < -0.39 is 52.5 Å². The van der Waals surface area contributed by atoms with Crippen molar-refractivity contribution in [2.75, 3.05) is 23.8 Å². The van der Waals surface area contributed by atoms with Gasteiger partial charge in [0.2, 0.25) is 17.8 Å². The van der Waals surface area contributed by atoms with Crippen LogP contribution in [0.4, 0.5) is 30.8 Å². The van der Waals surface area contributed by atoms with Gasteiger partial charge in [-0.1, -0.05) is 30.2 Å². The number of anilines is 3. The average Bonchev–Trinajstić information content (AvgIpc) is 3.74. The SMILES string of the molecule is CC(C)(CNC(=O)c1ccc(Nc2nc(NC3(c4ccc(Cl)cc4)CC3)nc(OCC(F)(F)F)n2)cc1)C(=O)NS(=O)C1CCC1. The summed E-state index contributed by atoms with van der Waals surface area (Å²) in [6, 6.07) is 12.9. The number of carbonyl (C=O) groups excluding carboxylic acids is 2. The lowest BCUT2D eigenvalue weighted by Gasteiger charge is -2.28. The average molecular weight is 680 g/mol. The van der Waals surface area contributed by atoms with E-state index in [0.717, 1.165) is 37.7 Å². The molecule has 0 bridgehead atoms. The minimum absolute atomic E-state index is 0.0123. The van der Waals surface area contributed by atoms with Crippen molar-refractivity contribution in [3.63, 3.8) is 0 Å². The number of nitrogens with zero attached hydrogens (tertiary/aromatic N) is 3. The zero-order valence-electron chi connectivity index (χ0n) is 25.0. The number of carbonyl (C=O) groups is 2. The first-order chi connectivity index (χ1) is 21.7. The fourth-order valence-corrected chi connectivity index (χ4v) is 6.00. The Morgan fingerprint density at radius 1 is 1.00 bits per heavy atom. The van der Waals surface area contributed by atoms with Gasteiger partial charge in [0.05, 0.1) is 16.2 Å². The number of halogens is 4. The molecule has 1 unspecified atom stereocenters. The van der Waals surface area contributed by atoms with Crippen molar-refractivity contribution < 1.29 is 31.7 Å². The molecule has 1 heterocycles. The van der Waals surface area contributed by atoms with E-state index in [0.29, 0.717) is 16.3 Å². The molecular weight excluding hydrogens is 647 g/mol. The third kappa shape index (κ3) is 8.63. The van der Waals surface area contributed by atoms with E-state index in [1.165, 1.54) is 12.1 Å². The highest BCUT2D eigenvalue weighted by Gasteiger charge is 2.45. The molecule has 2 saturated carbocycles. The molecule has 0 aliphatic heterocycles. The second-order valence-corrected chi connectivity index (χ2v) is 13.8. The summed E-state index contributed by atoms with van der Waals surface area (Å²) in [4.78, 5) is 37.8. The predicted molar refractivity (Wildman–Crippen MR) is 167 cm³/mol. The molecule has 0 saturated heterocycles. The maximum Gasteiger partial charge on any atom is 0.422 e. The quantitative estimate of drug-likeness (QED) is 0.186. The van der Waals surface area contributed by atoms with Gasteiger partial charge >= 0.3 is 12.2 Å². The molecule has 246 valence electrons. The molecule has 3 aromatic rings. The highest BCUT2D eigenvalue weighted by molar-refractivity contribution is 7.84. The van der Waals surface area contributed by atoms with Crippen LogP contribution in [0.25, 0.3) is 0 Å². The van der Waals surface area contributed by atoms with Crippen LogP contribution >= 0.6 is 11.6 Å². The molecule has 1 atom stereocenters. The Morgan fingerprint density at radius 3 is 2.24 bits per heavy atom. The van der Waals surface area contributed by atoms with Crippen molar-refractivity contribution in [2.24, 2.45) is 5.41 Å². The molecule has 2 aromatic carbocycles. The van der Waals surface area contributed by atoms with Crippen molar-refractivity contribution in [3.8, 4) is 6.01 Å². The summed E-state index contributed by atoms with van der Waals surface area (Å²) < 4.78 is 58.3. The van der Waals surface area contributed by atoms with E-state index in [1.54, 1.807) is 38.1 Å². The molecule has 1 aromatic heterocycles. The molecule has 4 N–H and O–H groups in total. The monoisotopic (exact) mass is 679 g/mol. The maximum atomic E-state index is 12.9. The maximum absolute atomic E-state index is 12.9. The van der Waals surface area contributed by atoms with Crippen molar-refractivity contribution in [2.45, 2.75) is 62.9 Å². The summed E-state index contributed by atoms with van der Waals surface area (Å²) in [5.74, 6) is -0.908. The standard InChI is InChI=1S/C30H33ClF3N7O4S/c1-28(2,24(43)41-46(44)22-4-3-5-22)16-35-23(42)18-6-12-21(13-7-18)36-25-37-26(39-27(38-25)45-17-30(32,33)34)40-29(14-15-29)19-8-10-20(31)11-9-19/h6-13,22H,3-5,14-17H2,1-2H3,(H,35,42)(H,41,43)(H2,36,37,38,39,40). The van der Waals surface area contributed by atoms with Crippen LogP contribution < -0.4 is 25.4 Å². The highest BCUT2D eigenvalue weighted by atomic mass is 35.5. The third-order valence-electron chi connectivity index (χ3n) is 7.73. The van der Waals surface area contributed by atoms with Gasteiger partial charge in [-0.2, -0.15) is 28.1 Å². The summed E-state index contributed by atoms with van der Waals surface area (Å²) in [6.45, 7) is 1.73. The van der Waals surface area contributed by atoms with E-state index in [2.05, 4.69) is 35.6 Å². The third-order valence-corrected chi connectivity index (χ3v) is 9.45. The number of alkyl halides is 3. The molecule has 5 rings (SSSR count). The zero-order chi connectivity index (χ0) is 33.1. The Bertz CT molecular complexity index is 1600. The van der Waals surface area contributed by atoms with Gasteiger partial charge in [-0.15, -0.1) is 0 Å². The zero-order valence-corrected chi connectivity index (χ0v) is 26.6. The van der Waals surface area contributed by atoms with Gasteiger partial charge in [-0.3, -0.25) is 14.3 Å². The molecule has 2 amide bonds. The van der Waals surface area contributed by atoms with Gasteiger partial charge in [0.1, 0.15) is 11.0 Å². The Hall–Kier alpha value is -3.98. The fraction of sp³-hybridized carbons (Fsp3) is 0.433. The Balaban J connectivity index is 1.24. The van der Waals surface area contributed by atoms with Crippen LogP contribution in [0.2, 0.25) is 5.02 Å². The largest absolute Gasteiger partial charge is 0.454 e. The molecule has 46 heavy (non-hydrogen) atoms. The number of nitrogens with one attached hydrogen (secondary N) is 4.